The fourth-order valence-electron chi connectivity index (χ4n) is 2.09. The van der Waals surface area contributed by atoms with Crippen LogP contribution in [-0.2, 0) is 5.41 Å². The summed E-state index contributed by atoms with van der Waals surface area (Å²) in [6.45, 7) is 6.34. The number of thiol groups is 1. The number of carboxylic acid groups (broad SMARTS) is 1. The van der Waals surface area contributed by atoms with Crippen LogP contribution in [0.15, 0.2) is 28.5 Å². The number of benzene rings is 1. The Bertz CT molecular complexity index is 731. The van der Waals surface area contributed by atoms with Crippen LogP contribution in [0.3, 0.4) is 0 Å². The lowest BCUT2D eigenvalue weighted by Gasteiger charge is -2.19. The normalized spacial score (nSPS) is 11.2. The lowest BCUT2D eigenvalue weighted by Crippen LogP contribution is -2.10. The van der Waals surface area contributed by atoms with Gasteiger partial charge in [0.25, 0.3) is 0 Å². The van der Waals surface area contributed by atoms with E-state index in [-0.39, 0.29) is 10.3 Å². The number of hydrogen-bond acceptors (Lipinski definition) is 4. The van der Waals surface area contributed by atoms with Crippen LogP contribution < -0.4 is 0 Å². The molecule has 21 heavy (non-hydrogen) atoms. The third-order valence-corrected chi connectivity index (χ3v) is 4.71. The van der Waals surface area contributed by atoms with E-state index in [9.17, 15) is 15.2 Å². The van der Waals surface area contributed by atoms with Gasteiger partial charge in [-0.1, -0.05) is 45.0 Å². The number of carbonyl (C=O) groups is 1. The van der Waals surface area contributed by atoms with Gasteiger partial charge in [-0.05, 0) is 16.5 Å². The SMILES string of the molecule is CC(C)(C)c1ccc(-c2c(C(=O)O)sc(S)c2C#N)cc1. The highest BCUT2D eigenvalue weighted by molar-refractivity contribution is 7.83. The van der Waals surface area contributed by atoms with Crippen molar-refractivity contribution in [1.82, 2.24) is 0 Å². The molecule has 0 unspecified atom stereocenters. The second kappa shape index (κ2) is 5.55. The maximum absolute atomic E-state index is 11.4. The predicted molar refractivity (Wildman–Crippen MR) is 87.4 cm³/mol. The quantitative estimate of drug-likeness (QED) is 0.798. The number of hydrogen-bond donors (Lipinski definition) is 2. The Morgan fingerprint density at radius 1 is 1.29 bits per heavy atom. The van der Waals surface area contributed by atoms with Crippen LogP contribution in [0.5, 0.6) is 0 Å². The van der Waals surface area contributed by atoms with Crippen molar-refractivity contribution in [3.8, 4) is 17.2 Å². The van der Waals surface area contributed by atoms with Crippen molar-refractivity contribution in [2.75, 3.05) is 0 Å². The van der Waals surface area contributed by atoms with E-state index in [1.165, 1.54) is 0 Å². The van der Waals surface area contributed by atoms with Crippen LogP contribution in [0, 0.1) is 11.3 Å². The van der Waals surface area contributed by atoms with Gasteiger partial charge in [-0.25, -0.2) is 4.79 Å². The van der Waals surface area contributed by atoms with Gasteiger partial charge in [0, 0.05) is 5.56 Å². The first-order valence-corrected chi connectivity index (χ1v) is 7.62. The van der Waals surface area contributed by atoms with Crippen molar-refractivity contribution >= 4 is 29.9 Å². The van der Waals surface area contributed by atoms with Crippen LogP contribution in [0.1, 0.15) is 41.6 Å². The molecular weight excluding hydrogens is 302 g/mol. The van der Waals surface area contributed by atoms with Gasteiger partial charge in [0.05, 0.1) is 9.77 Å². The molecule has 108 valence electrons. The predicted octanol–water partition coefficient (Wildman–Crippen LogP) is 4.57. The second-order valence-corrected chi connectivity index (χ2v) is 7.50. The fraction of sp³-hybridized carbons (Fsp3) is 0.250. The van der Waals surface area contributed by atoms with Crippen LogP contribution in [0.2, 0.25) is 0 Å². The monoisotopic (exact) mass is 317 g/mol. The average Bonchev–Trinajstić information content (AvgIpc) is 2.75. The number of rotatable bonds is 2. The zero-order valence-corrected chi connectivity index (χ0v) is 13.7. The standard InChI is InChI=1S/C16H15NO2S2/c1-16(2,3)10-6-4-9(5-7-10)12-11(8-17)15(20)21-13(12)14(18)19/h4-7,20H,1-3H3,(H,18,19). The Morgan fingerprint density at radius 3 is 2.29 bits per heavy atom. The molecule has 0 fully saturated rings. The van der Waals surface area contributed by atoms with Crippen molar-refractivity contribution < 1.29 is 9.90 Å². The van der Waals surface area contributed by atoms with Crippen molar-refractivity contribution in [1.29, 1.82) is 5.26 Å². The molecule has 0 aliphatic heterocycles. The Balaban J connectivity index is 2.62. The first kappa shape index (κ1) is 15.6. The molecule has 1 N–H and O–H groups in total. The number of aromatic carboxylic acids is 1. The Morgan fingerprint density at radius 2 is 1.86 bits per heavy atom. The minimum absolute atomic E-state index is 0.0234. The Labute approximate surface area is 133 Å². The third-order valence-electron chi connectivity index (χ3n) is 3.24. The molecule has 0 aliphatic carbocycles. The molecule has 3 nitrogen and oxygen atoms in total. The van der Waals surface area contributed by atoms with Gasteiger partial charge in [0.2, 0.25) is 0 Å². The summed E-state index contributed by atoms with van der Waals surface area (Å²) < 4.78 is 0.435. The van der Waals surface area contributed by atoms with Crippen molar-refractivity contribution in [2.24, 2.45) is 0 Å². The molecule has 0 atom stereocenters. The first-order chi connectivity index (χ1) is 9.75. The summed E-state index contributed by atoms with van der Waals surface area (Å²) in [6, 6.07) is 9.72. The van der Waals surface area contributed by atoms with Gasteiger partial charge in [-0.2, -0.15) is 5.26 Å². The number of nitriles is 1. The van der Waals surface area contributed by atoms with Crippen LogP contribution in [-0.4, -0.2) is 11.1 Å². The summed E-state index contributed by atoms with van der Waals surface area (Å²) in [7, 11) is 0. The van der Waals surface area contributed by atoms with E-state index in [2.05, 4.69) is 39.5 Å². The van der Waals surface area contributed by atoms with Crippen molar-refractivity contribution in [3.05, 3.63) is 40.3 Å². The maximum Gasteiger partial charge on any atom is 0.346 e. The minimum atomic E-state index is -1.04. The molecule has 0 aliphatic rings. The van der Waals surface area contributed by atoms with Gasteiger partial charge in [-0.3, -0.25) is 0 Å². The summed E-state index contributed by atoms with van der Waals surface area (Å²) in [5, 5.41) is 18.6. The van der Waals surface area contributed by atoms with E-state index in [4.69, 9.17) is 0 Å². The summed E-state index contributed by atoms with van der Waals surface area (Å²) in [6.07, 6.45) is 0. The number of thiophene rings is 1. The van der Waals surface area contributed by atoms with Crippen LogP contribution in [0.25, 0.3) is 11.1 Å². The molecule has 2 rings (SSSR count). The molecule has 0 saturated carbocycles. The van der Waals surface area contributed by atoms with Gasteiger partial charge >= 0.3 is 5.97 Å². The maximum atomic E-state index is 11.4. The highest BCUT2D eigenvalue weighted by Crippen LogP contribution is 2.39. The Hall–Kier alpha value is -1.77. The van der Waals surface area contributed by atoms with E-state index in [1.807, 2.05) is 24.3 Å². The topological polar surface area (TPSA) is 61.1 Å². The third kappa shape index (κ3) is 2.97. The molecule has 1 aromatic heterocycles. The summed E-state index contributed by atoms with van der Waals surface area (Å²) in [5.74, 6) is -1.04. The van der Waals surface area contributed by atoms with Gasteiger partial charge < -0.3 is 5.11 Å². The molecule has 2 aromatic rings. The second-order valence-electron chi connectivity index (χ2n) is 5.73. The van der Waals surface area contributed by atoms with Gasteiger partial charge in [-0.15, -0.1) is 24.0 Å². The van der Waals surface area contributed by atoms with E-state index in [0.29, 0.717) is 15.3 Å². The fourth-order valence-corrected chi connectivity index (χ4v) is 3.37. The van der Waals surface area contributed by atoms with E-state index >= 15 is 0 Å². The summed E-state index contributed by atoms with van der Waals surface area (Å²) in [4.78, 5) is 11.5. The molecule has 0 saturated heterocycles. The zero-order valence-electron chi connectivity index (χ0n) is 12.0. The van der Waals surface area contributed by atoms with Crippen LogP contribution >= 0.6 is 24.0 Å². The summed E-state index contributed by atoms with van der Waals surface area (Å²) in [5.41, 5.74) is 2.69. The van der Waals surface area contributed by atoms with Gasteiger partial charge in [0.15, 0.2) is 0 Å². The van der Waals surface area contributed by atoms with Gasteiger partial charge in [0.1, 0.15) is 10.9 Å². The highest BCUT2D eigenvalue weighted by Gasteiger charge is 2.23. The molecular formula is C16H15NO2S2. The molecule has 1 aromatic carbocycles. The molecule has 5 heteroatoms. The zero-order chi connectivity index (χ0) is 15.8. The molecule has 0 spiro atoms. The molecule has 1 heterocycles. The van der Waals surface area contributed by atoms with E-state index in [1.54, 1.807) is 0 Å². The smallest absolute Gasteiger partial charge is 0.346 e. The minimum Gasteiger partial charge on any atom is -0.477 e. The first-order valence-electron chi connectivity index (χ1n) is 6.35. The summed E-state index contributed by atoms with van der Waals surface area (Å²) >= 11 is 5.23. The number of carboxylic acids is 1. The lowest BCUT2D eigenvalue weighted by molar-refractivity contribution is 0.0703. The molecule has 0 radical (unpaired) electrons. The van der Waals surface area contributed by atoms with Crippen LogP contribution in [0.4, 0.5) is 0 Å². The largest absolute Gasteiger partial charge is 0.477 e. The molecule has 0 bridgehead atoms. The molecule has 0 amide bonds. The average molecular weight is 317 g/mol. The van der Waals surface area contributed by atoms with Crippen molar-refractivity contribution in [3.63, 3.8) is 0 Å². The lowest BCUT2D eigenvalue weighted by atomic mass is 9.86. The van der Waals surface area contributed by atoms with E-state index in [0.717, 1.165) is 22.5 Å². The Kier molecular flexibility index (Phi) is 4.13. The van der Waals surface area contributed by atoms with E-state index < -0.39 is 5.97 Å². The number of nitrogens with zero attached hydrogens (tertiary/aromatic N) is 1. The highest BCUT2D eigenvalue weighted by atomic mass is 32.2. The van der Waals surface area contributed by atoms with Crippen molar-refractivity contribution in [2.45, 2.75) is 30.4 Å².